The van der Waals surface area contributed by atoms with E-state index in [0.29, 0.717) is 11.4 Å². The van der Waals surface area contributed by atoms with Crippen molar-refractivity contribution in [3.8, 4) is 11.6 Å². The second-order valence-corrected chi connectivity index (χ2v) is 8.96. The average Bonchev–Trinajstić information content (AvgIpc) is 2.90. The lowest BCUT2D eigenvalue weighted by atomic mass is 9.83. The molecule has 6 rings (SSSR count). The van der Waals surface area contributed by atoms with Gasteiger partial charge in [0.25, 0.3) is 0 Å². The second kappa shape index (κ2) is 9.05. The highest BCUT2D eigenvalue weighted by Crippen LogP contribution is 2.47. The van der Waals surface area contributed by atoms with Gasteiger partial charge in [0.1, 0.15) is 17.6 Å². The Morgan fingerprint density at radius 3 is 2.56 bits per heavy atom. The lowest BCUT2D eigenvalue weighted by molar-refractivity contribution is 0.0369. The largest absolute Gasteiger partial charge is 0.438 e. The fraction of sp³-hybridized carbons (Fsp3) is 0.286. The molecule has 1 fully saturated rings. The number of hydrogen-bond acceptors (Lipinski definition) is 5. The van der Waals surface area contributed by atoms with Gasteiger partial charge in [-0.05, 0) is 17.4 Å². The van der Waals surface area contributed by atoms with Gasteiger partial charge < -0.3 is 14.0 Å². The predicted octanol–water partition coefficient (Wildman–Crippen LogP) is 4.52. The third-order valence-electron chi connectivity index (χ3n) is 6.91. The van der Waals surface area contributed by atoms with Gasteiger partial charge in [-0.3, -0.25) is 10.3 Å². The summed E-state index contributed by atoms with van der Waals surface area (Å²) in [5.41, 5.74) is 3.53. The number of rotatable bonds is 5. The van der Waals surface area contributed by atoms with Crippen LogP contribution in [0.15, 0.2) is 73.1 Å². The van der Waals surface area contributed by atoms with Gasteiger partial charge in [-0.2, -0.15) is 0 Å². The van der Waals surface area contributed by atoms with Gasteiger partial charge in [0.15, 0.2) is 0 Å². The van der Waals surface area contributed by atoms with Crippen molar-refractivity contribution < 1.29 is 9.47 Å². The minimum absolute atomic E-state index is 0.101. The predicted molar refractivity (Wildman–Crippen MR) is 131 cm³/mol. The molecule has 2 aliphatic rings. The molecule has 0 unspecified atom stereocenters. The number of nitrogens with one attached hydrogen (secondary N) is 1. The lowest BCUT2D eigenvalue weighted by Gasteiger charge is -2.30. The van der Waals surface area contributed by atoms with Crippen LogP contribution in [0.2, 0.25) is 0 Å². The number of fused-ring (bicyclic) bond motifs is 4. The molecule has 172 valence electrons. The van der Waals surface area contributed by atoms with Crippen molar-refractivity contribution in [3.05, 3.63) is 95.2 Å². The molecule has 0 amide bonds. The molecular formula is C28H28N4O2. The summed E-state index contributed by atoms with van der Waals surface area (Å²) in [7, 11) is 0. The number of ether oxygens (including phenoxy) is 2. The van der Waals surface area contributed by atoms with Crippen LogP contribution >= 0.6 is 0 Å². The smallest absolute Gasteiger partial charge is 0.228 e. The van der Waals surface area contributed by atoms with Crippen molar-refractivity contribution in [3.63, 3.8) is 0 Å². The number of hydrogen-bond donors (Lipinski definition) is 1. The van der Waals surface area contributed by atoms with Crippen molar-refractivity contribution in [1.29, 1.82) is 5.41 Å². The number of benzene rings is 3. The molecule has 1 N–H and O–H groups in total. The van der Waals surface area contributed by atoms with E-state index >= 15 is 0 Å². The number of morpholine rings is 1. The van der Waals surface area contributed by atoms with E-state index in [4.69, 9.17) is 19.9 Å². The molecule has 2 aliphatic heterocycles. The van der Waals surface area contributed by atoms with E-state index in [1.807, 2.05) is 22.8 Å². The Labute approximate surface area is 198 Å². The zero-order valence-electron chi connectivity index (χ0n) is 19.1. The van der Waals surface area contributed by atoms with Crippen LogP contribution in [-0.4, -0.2) is 47.3 Å². The van der Waals surface area contributed by atoms with Crippen molar-refractivity contribution in [2.45, 2.75) is 18.9 Å². The Balaban J connectivity index is 1.40. The summed E-state index contributed by atoms with van der Waals surface area (Å²) in [4.78, 5) is 7.14. The minimum Gasteiger partial charge on any atom is -0.438 e. The SMILES string of the molecule is N=c1c2c(ncn1CCCN1CCOCC1)Oc1c(ccc3ccccc13)[C@H]2c1ccccc1. The van der Waals surface area contributed by atoms with Crippen molar-refractivity contribution in [2.24, 2.45) is 0 Å². The van der Waals surface area contributed by atoms with Gasteiger partial charge in [-0.15, -0.1) is 0 Å². The third-order valence-corrected chi connectivity index (χ3v) is 6.91. The van der Waals surface area contributed by atoms with Gasteiger partial charge >= 0.3 is 0 Å². The fourth-order valence-corrected chi connectivity index (χ4v) is 5.15. The van der Waals surface area contributed by atoms with E-state index in [1.165, 1.54) is 0 Å². The molecule has 0 spiro atoms. The number of aryl methyl sites for hydroxylation is 1. The second-order valence-electron chi connectivity index (χ2n) is 8.96. The quantitative estimate of drug-likeness (QED) is 0.426. The Bertz CT molecular complexity index is 1380. The highest BCUT2D eigenvalue weighted by molar-refractivity contribution is 5.91. The van der Waals surface area contributed by atoms with Crippen LogP contribution < -0.4 is 10.2 Å². The molecule has 0 bridgehead atoms. The summed E-state index contributed by atoms with van der Waals surface area (Å²) in [6.45, 7) is 5.33. The van der Waals surface area contributed by atoms with Gasteiger partial charge in [0.2, 0.25) is 5.88 Å². The Kier molecular flexibility index (Phi) is 5.61. The van der Waals surface area contributed by atoms with E-state index < -0.39 is 0 Å². The molecule has 0 saturated carbocycles. The molecule has 4 aromatic rings. The summed E-state index contributed by atoms with van der Waals surface area (Å²) < 4.78 is 13.8. The van der Waals surface area contributed by atoms with Crippen molar-refractivity contribution in [1.82, 2.24) is 14.5 Å². The van der Waals surface area contributed by atoms with Crippen LogP contribution in [-0.2, 0) is 11.3 Å². The third kappa shape index (κ3) is 3.79. The first-order valence-electron chi connectivity index (χ1n) is 12.0. The molecule has 1 aromatic heterocycles. The first-order chi connectivity index (χ1) is 16.8. The first-order valence-corrected chi connectivity index (χ1v) is 12.0. The van der Waals surface area contributed by atoms with Crippen LogP contribution in [0.4, 0.5) is 0 Å². The molecule has 6 nitrogen and oxygen atoms in total. The van der Waals surface area contributed by atoms with Crippen LogP contribution in [0.1, 0.15) is 29.0 Å². The first kappa shape index (κ1) is 21.1. The highest BCUT2D eigenvalue weighted by Gasteiger charge is 2.32. The summed E-state index contributed by atoms with van der Waals surface area (Å²) in [6, 6.07) is 23.0. The number of aromatic nitrogens is 2. The molecule has 6 heteroatoms. The standard InChI is InChI=1S/C28H28N4O2/c29-27-25-24(21-8-2-1-3-9-21)23-12-11-20-7-4-5-10-22(20)26(23)34-28(25)30-19-32(27)14-6-13-31-15-17-33-18-16-31/h1-5,7-12,19,24,29H,6,13-18H2/t24-/m1/s1. The zero-order chi connectivity index (χ0) is 22.9. The zero-order valence-corrected chi connectivity index (χ0v) is 19.1. The summed E-state index contributed by atoms with van der Waals surface area (Å²) in [5.74, 6) is 1.28. The summed E-state index contributed by atoms with van der Waals surface area (Å²) in [6.07, 6.45) is 2.73. The molecule has 1 atom stereocenters. The topological polar surface area (TPSA) is 63.4 Å². The molecule has 3 heterocycles. The maximum atomic E-state index is 9.14. The van der Waals surface area contributed by atoms with E-state index in [2.05, 4.69) is 53.4 Å². The van der Waals surface area contributed by atoms with Crippen molar-refractivity contribution >= 4 is 10.8 Å². The Morgan fingerprint density at radius 1 is 0.912 bits per heavy atom. The molecule has 1 saturated heterocycles. The summed E-state index contributed by atoms with van der Waals surface area (Å²) in [5, 5.41) is 11.3. The number of nitrogens with zero attached hydrogens (tertiary/aromatic N) is 3. The van der Waals surface area contributed by atoms with Crippen LogP contribution in [0, 0.1) is 5.41 Å². The summed E-state index contributed by atoms with van der Waals surface area (Å²) >= 11 is 0. The average molecular weight is 453 g/mol. The lowest BCUT2D eigenvalue weighted by Crippen LogP contribution is -2.37. The minimum atomic E-state index is -0.101. The monoisotopic (exact) mass is 452 g/mol. The maximum absolute atomic E-state index is 9.14. The van der Waals surface area contributed by atoms with Crippen LogP contribution in [0.5, 0.6) is 11.6 Å². The van der Waals surface area contributed by atoms with Crippen molar-refractivity contribution in [2.75, 3.05) is 32.8 Å². The van der Waals surface area contributed by atoms with E-state index in [-0.39, 0.29) is 5.92 Å². The molecular weight excluding hydrogens is 424 g/mol. The molecule has 0 radical (unpaired) electrons. The van der Waals surface area contributed by atoms with Gasteiger partial charge in [-0.1, -0.05) is 66.7 Å². The fourth-order valence-electron chi connectivity index (χ4n) is 5.15. The van der Waals surface area contributed by atoms with Crippen LogP contribution in [0.25, 0.3) is 10.8 Å². The highest BCUT2D eigenvalue weighted by atomic mass is 16.5. The van der Waals surface area contributed by atoms with Gasteiger partial charge in [0.05, 0.1) is 18.8 Å². The van der Waals surface area contributed by atoms with Gasteiger partial charge in [0, 0.05) is 43.0 Å². The van der Waals surface area contributed by atoms with Gasteiger partial charge in [-0.25, -0.2) is 4.98 Å². The normalized spacial score (nSPS) is 17.7. The molecule has 3 aromatic carbocycles. The van der Waals surface area contributed by atoms with E-state index in [0.717, 1.165) is 79.0 Å². The molecule has 0 aliphatic carbocycles. The Morgan fingerprint density at radius 2 is 1.71 bits per heavy atom. The van der Waals surface area contributed by atoms with E-state index in [1.54, 1.807) is 6.33 Å². The maximum Gasteiger partial charge on any atom is 0.228 e. The van der Waals surface area contributed by atoms with E-state index in [9.17, 15) is 0 Å². The molecule has 34 heavy (non-hydrogen) atoms. The Hall–Kier alpha value is -3.48. The van der Waals surface area contributed by atoms with Crippen LogP contribution in [0.3, 0.4) is 0 Å².